The first-order valence-corrected chi connectivity index (χ1v) is 12.9. The fraction of sp³-hybridized carbons (Fsp3) is 0.308. The standard InChI is InChI=1S/C26H27N5O6S/c27-23(28)17-10-18(38-14-17)12-29-24(33)19-11-26(35-8-9-36-26)15-31(19)22(32)13-30-25(34)21-7-6-20(37-21)16-4-2-1-3-5-16/h1-7,10,14,19H,8-9,11-13,15H2,(H3,27,28)(H,29,33)(H,30,34)/t19-/m0/s1. The summed E-state index contributed by atoms with van der Waals surface area (Å²) >= 11 is 1.38. The molecule has 0 aliphatic carbocycles. The van der Waals surface area contributed by atoms with Gasteiger partial charge in [0.1, 0.15) is 17.6 Å². The molecule has 3 amide bonds. The molecule has 0 radical (unpaired) electrons. The number of nitrogen functional groups attached to an aromatic ring is 1. The molecular formula is C26H27N5O6S. The molecule has 5 rings (SSSR count). The van der Waals surface area contributed by atoms with Crippen molar-refractivity contribution in [2.24, 2.45) is 5.73 Å². The predicted octanol–water partition coefficient (Wildman–Crippen LogP) is 1.68. The van der Waals surface area contributed by atoms with E-state index in [2.05, 4.69) is 10.6 Å². The van der Waals surface area contributed by atoms with Crippen molar-refractivity contribution >= 4 is 34.9 Å². The lowest BCUT2D eigenvalue weighted by Gasteiger charge is -2.24. The molecule has 1 spiro atoms. The van der Waals surface area contributed by atoms with Gasteiger partial charge in [-0.05, 0) is 18.2 Å². The number of furan rings is 1. The van der Waals surface area contributed by atoms with Gasteiger partial charge in [0.2, 0.25) is 11.8 Å². The maximum absolute atomic E-state index is 13.2. The van der Waals surface area contributed by atoms with Crippen LogP contribution in [0.25, 0.3) is 11.3 Å². The van der Waals surface area contributed by atoms with Crippen molar-refractivity contribution in [3.63, 3.8) is 0 Å². The van der Waals surface area contributed by atoms with E-state index in [-0.39, 0.29) is 43.6 Å². The van der Waals surface area contributed by atoms with Crippen molar-refractivity contribution in [3.8, 4) is 11.3 Å². The number of rotatable bonds is 8. The van der Waals surface area contributed by atoms with Gasteiger partial charge < -0.3 is 35.2 Å². The number of nitrogens with one attached hydrogen (secondary N) is 3. The van der Waals surface area contributed by atoms with E-state index in [9.17, 15) is 14.4 Å². The molecule has 198 valence electrons. The largest absolute Gasteiger partial charge is 0.451 e. The average molecular weight is 538 g/mol. The molecule has 1 aromatic carbocycles. The van der Waals surface area contributed by atoms with Crippen LogP contribution in [0.4, 0.5) is 0 Å². The molecule has 4 heterocycles. The number of nitrogens with two attached hydrogens (primary N) is 1. The van der Waals surface area contributed by atoms with Crippen LogP contribution in [0, 0.1) is 5.41 Å². The van der Waals surface area contributed by atoms with Crippen LogP contribution in [0.15, 0.2) is 58.3 Å². The average Bonchev–Trinajstić information content (AvgIpc) is 3.73. The Kier molecular flexibility index (Phi) is 7.27. The monoisotopic (exact) mass is 537 g/mol. The minimum absolute atomic E-state index is 0.0447. The minimum atomic E-state index is -1.04. The molecule has 12 heteroatoms. The Bertz CT molecular complexity index is 1350. The summed E-state index contributed by atoms with van der Waals surface area (Å²) in [5.41, 5.74) is 6.93. The van der Waals surface area contributed by atoms with E-state index in [1.807, 2.05) is 30.3 Å². The number of amides is 3. The number of hydrogen-bond donors (Lipinski definition) is 4. The van der Waals surface area contributed by atoms with Gasteiger partial charge in [0.05, 0.1) is 32.8 Å². The van der Waals surface area contributed by atoms with Crippen LogP contribution in [0.2, 0.25) is 0 Å². The van der Waals surface area contributed by atoms with Crippen molar-refractivity contribution in [1.82, 2.24) is 15.5 Å². The number of thiophene rings is 1. The van der Waals surface area contributed by atoms with Crippen LogP contribution in [0.3, 0.4) is 0 Å². The second-order valence-electron chi connectivity index (χ2n) is 8.99. The first-order valence-electron chi connectivity index (χ1n) is 12.0. The van der Waals surface area contributed by atoms with E-state index >= 15 is 0 Å². The van der Waals surface area contributed by atoms with Gasteiger partial charge in [-0.3, -0.25) is 19.8 Å². The molecule has 5 N–H and O–H groups in total. The molecule has 0 unspecified atom stereocenters. The van der Waals surface area contributed by atoms with Crippen molar-refractivity contribution in [2.45, 2.75) is 24.8 Å². The van der Waals surface area contributed by atoms with Crippen molar-refractivity contribution in [1.29, 1.82) is 5.41 Å². The molecule has 38 heavy (non-hydrogen) atoms. The van der Waals surface area contributed by atoms with Gasteiger partial charge in [0.25, 0.3) is 5.91 Å². The molecule has 2 saturated heterocycles. The molecule has 1 atom stereocenters. The van der Waals surface area contributed by atoms with Crippen LogP contribution >= 0.6 is 11.3 Å². The van der Waals surface area contributed by atoms with E-state index in [1.165, 1.54) is 16.2 Å². The third-order valence-corrected chi connectivity index (χ3v) is 7.35. The molecular weight excluding hydrogens is 510 g/mol. The van der Waals surface area contributed by atoms with Gasteiger partial charge in [0, 0.05) is 27.8 Å². The summed E-state index contributed by atoms with van der Waals surface area (Å²) in [6.07, 6.45) is 0.181. The Morgan fingerprint density at radius 3 is 2.58 bits per heavy atom. The van der Waals surface area contributed by atoms with Crippen LogP contribution < -0.4 is 16.4 Å². The van der Waals surface area contributed by atoms with E-state index in [4.69, 9.17) is 25.0 Å². The van der Waals surface area contributed by atoms with E-state index < -0.39 is 23.6 Å². The SMILES string of the molecule is N=C(N)c1csc(CNC(=O)[C@@H]2CC3(CN2C(=O)CNC(=O)c2ccc(-c4ccccc4)o2)OCCO3)c1. The number of benzene rings is 1. The number of ether oxygens (including phenoxy) is 2. The zero-order valence-corrected chi connectivity index (χ0v) is 21.2. The van der Waals surface area contributed by atoms with E-state index in [1.54, 1.807) is 23.6 Å². The Balaban J connectivity index is 1.21. The van der Waals surface area contributed by atoms with Crippen molar-refractivity contribution in [2.75, 3.05) is 26.3 Å². The molecule has 2 aliphatic rings. The van der Waals surface area contributed by atoms with Crippen LogP contribution in [-0.2, 0) is 25.6 Å². The molecule has 0 saturated carbocycles. The summed E-state index contributed by atoms with van der Waals surface area (Å²) < 4.78 is 17.2. The number of nitrogens with zero attached hydrogens (tertiary/aromatic N) is 1. The lowest BCUT2D eigenvalue weighted by Crippen LogP contribution is -2.49. The summed E-state index contributed by atoms with van der Waals surface area (Å²) in [6.45, 7) is 0.721. The fourth-order valence-corrected chi connectivity index (χ4v) is 5.33. The molecule has 2 fully saturated rings. The Morgan fingerprint density at radius 2 is 1.87 bits per heavy atom. The highest BCUT2D eigenvalue weighted by molar-refractivity contribution is 7.10. The van der Waals surface area contributed by atoms with Crippen LogP contribution in [-0.4, -0.2) is 66.6 Å². The highest BCUT2D eigenvalue weighted by atomic mass is 32.1. The third-order valence-electron chi connectivity index (χ3n) is 6.42. The quantitative estimate of drug-likeness (QED) is 0.251. The third kappa shape index (κ3) is 5.47. The number of hydrogen-bond acceptors (Lipinski definition) is 8. The Hall–Kier alpha value is -4.00. The molecule has 2 aliphatic heterocycles. The van der Waals surface area contributed by atoms with E-state index in [0.29, 0.717) is 24.5 Å². The summed E-state index contributed by atoms with van der Waals surface area (Å²) in [4.78, 5) is 41.2. The molecule has 3 aromatic rings. The van der Waals surface area contributed by atoms with Gasteiger partial charge in [-0.15, -0.1) is 11.3 Å². The van der Waals surface area contributed by atoms with Crippen LogP contribution in [0.1, 0.15) is 27.4 Å². The van der Waals surface area contributed by atoms with Crippen molar-refractivity contribution < 1.29 is 28.3 Å². The lowest BCUT2D eigenvalue weighted by molar-refractivity contribution is -0.152. The van der Waals surface area contributed by atoms with Gasteiger partial charge in [-0.2, -0.15) is 0 Å². The zero-order chi connectivity index (χ0) is 26.7. The first-order chi connectivity index (χ1) is 18.3. The normalized spacial score (nSPS) is 18.0. The number of carbonyl (C=O) groups excluding carboxylic acids is 3. The van der Waals surface area contributed by atoms with Gasteiger partial charge in [0.15, 0.2) is 11.5 Å². The summed E-state index contributed by atoms with van der Waals surface area (Å²) in [6, 6.07) is 13.5. The molecule has 2 aromatic heterocycles. The number of likely N-dealkylation sites (tertiary alicyclic amines) is 1. The zero-order valence-electron chi connectivity index (χ0n) is 20.4. The predicted molar refractivity (Wildman–Crippen MR) is 138 cm³/mol. The Labute approximate surface area is 222 Å². The van der Waals surface area contributed by atoms with E-state index in [0.717, 1.165) is 10.4 Å². The first kappa shape index (κ1) is 25.6. The maximum Gasteiger partial charge on any atom is 0.287 e. The molecule has 11 nitrogen and oxygen atoms in total. The Morgan fingerprint density at radius 1 is 1.11 bits per heavy atom. The highest BCUT2D eigenvalue weighted by Crippen LogP contribution is 2.35. The number of carbonyl (C=O) groups is 3. The van der Waals surface area contributed by atoms with Gasteiger partial charge in [-0.1, -0.05) is 30.3 Å². The second-order valence-corrected chi connectivity index (χ2v) is 9.99. The molecule has 0 bridgehead atoms. The highest BCUT2D eigenvalue weighted by Gasteiger charge is 2.52. The van der Waals surface area contributed by atoms with Crippen molar-refractivity contribution in [3.05, 3.63) is 70.1 Å². The van der Waals surface area contributed by atoms with Gasteiger partial charge in [-0.25, -0.2) is 0 Å². The lowest BCUT2D eigenvalue weighted by atomic mass is 10.1. The van der Waals surface area contributed by atoms with Gasteiger partial charge >= 0.3 is 0 Å². The summed E-state index contributed by atoms with van der Waals surface area (Å²) in [7, 11) is 0. The smallest absolute Gasteiger partial charge is 0.287 e. The van der Waals surface area contributed by atoms with Crippen LogP contribution in [0.5, 0.6) is 0 Å². The second kappa shape index (κ2) is 10.8. The fourth-order valence-electron chi connectivity index (χ4n) is 4.51. The summed E-state index contributed by atoms with van der Waals surface area (Å²) in [5.74, 6) is -1.82. The minimum Gasteiger partial charge on any atom is -0.451 e. The summed E-state index contributed by atoms with van der Waals surface area (Å²) in [5, 5.41) is 14.7. The number of amidine groups is 1. The maximum atomic E-state index is 13.2. The topological polar surface area (TPSA) is 160 Å².